The minimum Gasteiger partial charge on any atom is -0.475 e. The van der Waals surface area contributed by atoms with Crippen molar-refractivity contribution in [1.29, 1.82) is 0 Å². The Balaban J connectivity index is 0.000000480. The number of carbonyl (C=O) groups is 1. The van der Waals surface area contributed by atoms with Crippen molar-refractivity contribution in [3.8, 4) is 0 Å². The number of nitrogens with zero attached hydrogens (tertiary/aromatic N) is 1. The highest BCUT2D eigenvalue weighted by molar-refractivity contribution is 6.30. The first-order valence-electron chi connectivity index (χ1n) is 9.72. The summed E-state index contributed by atoms with van der Waals surface area (Å²) < 4.78 is 31.7. The number of carboxylic acids is 1. The van der Waals surface area contributed by atoms with Crippen LogP contribution in [0.4, 0.5) is 13.2 Å². The van der Waals surface area contributed by atoms with Crippen LogP contribution in [-0.4, -0.2) is 47.8 Å². The van der Waals surface area contributed by atoms with E-state index in [4.69, 9.17) is 21.5 Å². The summed E-state index contributed by atoms with van der Waals surface area (Å²) in [6, 6.07) is 8.83. The van der Waals surface area contributed by atoms with Gasteiger partial charge in [0.2, 0.25) is 0 Å². The van der Waals surface area contributed by atoms with Crippen molar-refractivity contribution >= 4 is 17.6 Å². The lowest BCUT2D eigenvalue weighted by Crippen LogP contribution is -2.42. The molecule has 1 aromatic carbocycles. The zero-order valence-corrected chi connectivity index (χ0v) is 17.0. The third kappa shape index (κ3) is 10.9. The van der Waals surface area contributed by atoms with Crippen LogP contribution in [-0.2, 0) is 11.3 Å². The molecule has 8 heteroatoms. The molecule has 1 aliphatic rings. The smallest absolute Gasteiger partial charge is 0.475 e. The van der Waals surface area contributed by atoms with Crippen LogP contribution < -0.4 is 5.32 Å². The van der Waals surface area contributed by atoms with Gasteiger partial charge < -0.3 is 15.3 Å². The molecule has 160 valence electrons. The highest BCUT2D eigenvalue weighted by Crippen LogP contribution is 2.14. The zero-order chi connectivity index (χ0) is 21.0. The molecule has 1 aromatic rings. The van der Waals surface area contributed by atoms with Gasteiger partial charge in [-0.2, -0.15) is 13.2 Å². The molecule has 0 spiro atoms. The quantitative estimate of drug-likeness (QED) is 0.572. The Morgan fingerprint density at radius 1 is 1.18 bits per heavy atom. The van der Waals surface area contributed by atoms with Crippen LogP contribution in [0.3, 0.4) is 0 Å². The molecule has 2 N–H and O–H groups in total. The number of aliphatic carboxylic acids is 1. The first kappa shape index (κ1) is 24.7. The minimum atomic E-state index is -5.08. The van der Waals surface area contributed by atoms with Crippen molar-refractivity contribution in [1.82, 2.24) is 10.2 Å². The molecule has 1 fully saturated rings. The SMILES string of the molecule is CCCCCCN1CCC(NCc2ccc(Cl)cc2)CC1.O=C(O)C(F)(F)F. The maximum atomic E-state index is 10.6. The molecule has 0 radical (unpaired) electrons. The molecule has 1 saturated heterocycles. The standard InChI is InChI=1S/C18H29ClN2.C2HF3O2/c1-2-3-4-5-12-21-13-10-18(11-14-21)20-15-16-6-8-17(19)9-7-16;3-2(4,5)1(6)7/h6-9,18,20H,2-5,10-15H2,1H3;(H,6,7). The second kappa shape index (κ2) is 13.0. The van der Waals surface area contributed by atoms with E-state index in [0.29, 0.717) is 6.04 Å². The molecule has 0 saturated carbocycles. The molecule has 0 bridgehead atoms. The lowest BCUT2D eigenvalue weighted by Gasteiger charge is -2.32. The predicted molar refractivity (Wildman–Crippen MR) is 106 cm³/mol. The number of benzene rings is 1. The van der Waals surface area contributed by atoms with Crippen molar-refractivity contribution in [3.63, 3.8) is 0 Å². The molecule has 0 amide bonds. The maximum Gasteiger partial charge on any atom is 0.490 e. The van der Waals surface area contributed by atoms with Gasteiger partial charge in [-0.25, -0.2) is 4.79 Å². The van der Waals surface area contributed by atoms with Crippen LogP contribution in [0.15, 0.2) is 24.3 Å². The maximum absolute atomic E-state index is 10.6. The molecule has 4 nitrogen and oxygen atoms in total. The van der Waals surface area contributed by atoms with Gasteiger partial charge in [-0.3, -0.25) is 0 Å². The number of hydrogen-bond donors (Lipinski definition) is 2. The van der Waals surface area contributed by atoms with Crippen LogP contribution in [0.5, 0.6) is 0 Å². The Morgan fingerprint density at radius 3 is 2.25 bits per heavy atom. The Labute approximate surface area is 170 Å². The Bertz CT molecular complexity index is 560. The van der Waals surface area contributed by atoms with E-state index < -0.39 is 12.1 Å². The van der Waals surface area contributed by atoms with E-state index in [1.807, 2.05) is 12.1 Å². The summed E-state index contributed by atoms with van der Waals surface area (Å²) >= 11 is 5.91. The van der Waals surface area contributed by atoms with E-state index in [0.717, 1.165) is 11.6 Å². The van der Waals surface area contributed by atoms with E-state index >= 15 is 0 Å². The first-order valence-corrected chi connectivity index (χ1v) is 10.1. The zero-order valence-electron chi connectivity index (χ0n) is 16.3. The lowest BCUT2D eigenvalue weighted by atomic mass is 10.0. The molecule has 28 heavy (non-hydrogen) atoms. The minimum absolute atomic E-state index is 0.674. The number of unbranched alkanes of at least 4 members (excludes halogenated alkanes) is 3. The van der Waals surface area contributed by atoms with Gasteiger partial charge in [0.05, 0.1) is 0 Å². The summed E-state index contributed by atoms with van der Waals surface area (Å²) in [6.07, 6.45) is 2.96. The number of carboxylic acid groups (broad SMARTS) is 1. The molecule has 2 rings (SSSR count). The number of likely N-dealkylation sites (tertiary alicyclic amines) is 1. The molecule has 0 aliphatic carbocycles. The van der Waals surface area contributed by atoms with Crippen LogP contribution in [0, 0.1) is 0 Å². The number of hydrogen-bond acceptors (Lipinski definition) is 3. The lowest BCUT2D eigenvalue weighted by molar-refractivity contribution is -0.192. The van der Waals surface area contributed by atoms with Gasteiger partial charge in [0.25, 0.3) is 0 Å². The molecular weight excluding hydrogens is 393 g/mol. The van der Waals surface area contributed by atoms with E-state index in [9.17, 15) is 13.2 Å². The summed E-state index contributed by atoms with van der Waals surface area (Å²) in [7, 11) is 0. The average Bonchev–Trinajstić information content (AvgIpc) is 2.65. The van der Waals surface area contributed by atoms with Crippen LogP contribution >= 0.6 is 11.6 Å². The number of halogens is 4. The van der Waals surface area contributed by atoms with E-state index in [1.54, 1.807) is 0 Å². The number of nitrogens with one attached hydrogen (secondary N) is 1. The van der Waals surface area contributed by atoms with E-state index in [2.05, 4.69) is 29.3 Å². The fraction of sp³-hybridized carbons (Fsp3) is 0.650. The van der Waals surface area contributed by atoms with Gasteiger partial charge >= 0.3 is 12.1 Å². The summed E-state index contributed by atoms with van der Waals surface area (Å²) in [6.45, 7) is 7.04. The normalized spacial score (nSPS) is 15.8. The summed E-state index contributed by atoms with van der Waals surface area (Å²) in [5.74, 6) is -2.76. The molecular formula is C20H30ClF3N2O2. The van der Waals surface area contributed by atoms with Gasteiger partial charge in [0.1, 0.15) is 0 Å². The Hall–Kier alpha value is -1.31. The number of rotatable bonds is 8. The van der Waals surface area contributed by atoms with Crippen molar-refractivity contribution in [2.45, 2.75) is 64.2 Å². The highest BCUT2D eigenvalue weighted by atomic mass is 35.5. The fourth-order valence-electron chi connectivity index (χ4n) is 2.99. The first-order chi connectivity index (χ1) is 13.2. The summed E-state index contributed by atoms with van der Waals surface area (Å²) in [5.41, 5.74) is 1.32. The monoisotopic (exact) mass is 422 g/mol. The molecule has 1 aliphatic heterocycles. The van der Waals surface area contributed by atoms with Gasteiger partial charge in [-0.05, 0) is 56.6 Å². The summed E-state index contributed by atoms with van der Waals surface area (Å²) in [4.78, 5) is 11.5. The molecule has 0 atom stereocenters. The van der Waals surface area contributed by atoms with Crippen molar-refractivity contribution in [2.75, 3.05) is 19.6 Å². The Morgan fingerprint density at radius 2 is 1.75 bits per heavy atom. The van der Waals surface area contributed by atoms with Crippen LogP contribution in [0.25, 0.3) is 0 Å². The number of alkyl halides is 3. The third-order valence-corrected chi connectivity index (χ3v) is 4.92. The van der Waals surface area contributed by atoms with Gasteiger partial charge in [-0.1, -0.05) is 49.9 Å². The topological polar surface area (TPSA) is 52.6 Å². The number of piperidine rings is 1. The van der Waals surface area contributed by atoms with E-state index in [-0.39, 0.29) is 0 Å². The third-order valence-electron chi connectivity index (χ3n) is 4.67. The Kier molecular flexibility index (Phi) is 11.5. The highest BCUT2D eigenvalue weighted by Gasteiger charge is 2.38. The van der Waals surface area contributed by atoms with Gasteiger partial charge in [-0.15, -0.1) is 0 Å². The van der Waals surface area contributed by atoms with Crippen LogP contribution in [0.1, 0.15) is 51.0 Å². The van der Waals surface area contributed by atoms with Crippen molar-refractivity contribution < 1.29 is 23.1 Å². The van der Waals surface area contributed by atoms with Gasteiger partial charge in [0.15, 0.2) is 0 Å². The fourth-order valence-corrected chi connectivity index (χ4v) is 3.11. The molecule has 0 unspecified atom stereocenters. The van der Waals surface area contributed by atoms with Crippen molar-refractivity contribution in [2.24, 2.45) is 0 Å². The van der Waals surface area contributed by atoms with Crippen LogP contribution in [0.2, 0.25) is 5.02 Å². The second-order valence-electron chi connectivity index (χ2n) is 6.99. The molecule has 0 aromatic heterocycles. The second-order valence-corrected chi connectivity index (χ2v) is 7.42. The largest absolute Gasteiger partial charge is 0.490 e. The predicted octanol–water partition coefficient (Wildman–Crippen LogP) is 5.11. The average molecular weight is 423 g/mol. The molecule has 1 heterocycles. The van der Waals surface area contributed by atoms with Gasteiger partial charge in [0, 0.05) is 17.6 Å². The van der Waals surface area contributed by atoms with Crippen molar-refractivity contribution in [3.05, 3.63) is 34.9 Å². The summed E-state index contributed by atoms with van der Waals surface area (Å²) in [5, 5.41) is 11.6. The van der Waals surface area contributed by atoms with E-state index in [1.165, 1.54) is 63.7 Å².